The van der Waals surface area contributed by atoms with Gasteiger partial charge in [0.05, 0.1) is 12.3 Å². The molecule has 0 rings (SSSR count). The Balaban J connectivity index is -0.000000372. The van der Waals surface area contributed by atoms with E-state index in [1.807, 2.05) is 0 Å². The van der Waals surface area contributed by atoms with E-state index in [1.54, 1.807) is 0 Å². The van der Waals surface area contributed by atoms with E-state index in [0.717, 1.165) is 0 Å². The van der Waals surface area contributed by atoms with Crippen LogP contribution in [-0.4, -0.2) is 71.8 Å². The van der Waals surface area contributed by atoms with Gasteiger partial charge in [0.1, 0.15) is 25.4 Å². The first-order chi connectivity index (χ1) is 10.9. The quantitative estimate of drug-likeness (QED) is 0.102. The van der Waals surface area contributed by atoms with Crippen LogP contribution in [-0.2, 0) is 49.7 Å². The van der Waals surface area contributed by atoms with E-state index >= 15 is 0 Å². The molecule has 0 radical (unpaired) electrons. The third-order valence-corrected chi connectivity index (χ3v) is 1.99. The number of aliphatic hydroxyl groups excluding tert-OH is 2. The fourth-order valence-electron chi connectivity index (χ4n) is 0.662. The maximum Gasteiger partial charge on any atom is 2.00 e. The van der Waals surface area contributed by atoms with E-state index in [0.29, 0.717) is 0 Å². The Hall–Kier alpha value is -1.67. The molecule has 0 spiro atoms. The number of aliphatic carboxylic acids is 2. The molecule has 2 unspecified atom stereocenters. The van der Waals surface area contributed by atoms with Crippen molar-refractivity contribution in [3.8, 4) is 0 Å². The van der Waals surface area contributed by atoms with Gasteiger partial charge in [0, 0.05) is 0 Å². The summed E-state index contributed by atoms with van der Waals surface area (Å²) in [5.74, 6) is -7.08. The van der Waals surface area contributed by atoms with Crippen LogP contribution in [0.4, 0.5) is 0 Å². The normalized spacial score (nSPS) is 12.2. The predicted molar refractivity (Wildman–Crippen MR) is 68.3 cm³/mol. The average Bonchev–Trinajstić information content (AvgIpc) is 2.49. The van der Waals surface area contributed by atoms with Crippen molar-refractivity contribution >= 4 is 23.9 Å². The maximum atomic E-state index is 10.2. The van der Waals surface area contributed by atoms with Gasteiger partial charge in [-0.3, -0.25) is 0 Å². The van der Waals surface area contributed by atoms with Crippen molar-refractivity contribution < 1.29 is 70.1 Å². The Bertz CT molecular complexity index is 407. The van der Waals surface area contributed by atoms with Gasteiger partial charge in [-0.05, 0) is 0 Å². The molecule has 0 aromatic heterocycles. The number of carbonyl (C=O) groups is 4. The SMILES string of the molecule is NC(N)C(O)COC(=O)C(=O)[O-].NC(N)C(O)COC(=O)C(=O)[O-].[Pt+2]. The van der Waals surface area contributed by atoms with Crippen molar-refractivity contribution in [2.45, 2.75) is 24.5 Å². The van der Waals surface area contributed by atoms with Gasteiger partial charge in [-0.15, -0.1) is 0 Å². The summed E-state index contributed by atoms with van der Waals surface area (Å²) in [5.41, 5.74) is 19.9. The van der Waals surface area contributed by atoms with Gasteiger partial charge >= 0.3 is 33.0 Å². The molecular formula is C10H18N4O10Pt. The van der Waals surface area contributed by atoms with Crippen molar-refractivity contribution in [1.29, 1.82) is 0 Å². The van der Waals surface area contributed by atoms with Gasteiger partial charge in [0.2, 0.25) is 0 Å². The third-order valence-electron chi connectivity index (χ3n) is 1.99. The van der Waals surface area contributed by atoms with Gasteiger partial charge < -0.3 is 62.4 Å². The number of carboxylic acids is 2. The van der Waals surface area contributed by atoms with Gasteiger partial charge in [-0.25, -0.2) is 9.59 Å². The molecule has 0 bridgehead atoms. The van der Waals surface area contributed by atoms with E-state index in [4.69, 9.17) is 33.1 Å². The molecule has 15 heteroatoms. The largest absolute Gasteiger partial charge is 2.00 e. The van der Waals surface area contributed by atoms with E-state index in [9.17, 15) is 29.4 Å². The zero-order valence-corrected chi connectivity index (χ0v) is 14.8. The van der Waals surface area contributed by atoms with E-state index in [-0.39, 0.29) is 21.1 Å². The minimum atomic E-state index is -1.98. The minimum Gasteiger partial charge on any atom is -0.539 e. The predicted octanol–water partition coefficient (Wildman–Crippen LogP) is -8.23. The number of ether oxygens (including phenoxy) is 2. The monoisotopic (exact) mass is 549 g/mol. The molecule has 0 aromatic carbocycles. The molecule has 0 aliphatic heterocycles. The summed E-state index contributed by atoms with van der Waals surface area (Å²) in [6, 6.07) is 0. The van der Waals surface area contributed by atoms with Gasteiger partial charge in [0.25, 0.3) is 0 Å². The number of carboxylic acid groups (broad SMARTS) is 2. The summed E-state index contributed by atoms with van der Waals surface area (Å²) in [6.45, 7) is -1.13. The summed E-state index contributed by atoms with van der Waals surface area (Å²) in [5, 5.41) is 37.1. The second-order valence-electron chi connectivity index (χ2n) is 4.06. The molecule has 2 atom stereocenters. The van der Waals surface area contributed by atoms with Crippen LogP contribution in [0.15, 0.2) is 0 Å². The Kier molecular flexibility index (Phi) is 16.5. The Morgan fingerprint density at radius 2 is 1.00 bits per heavy atom. The number of carbonyl (C=O) groups excluding carboxylic acids is 4. The zero-order chi connectivity index (χ0) is 19.4. The molecular weight excluding hydrogens is 531 g/mol. The van der Waals surface area contributed by atoms with Crippen LogP contribution in [0.1, 0.15) is 0 Å². The van der Waals surface area contributed by atoms with E-state index in [1.165, 1.54) is 0 Å². The fourth-order valence-corrected chi connectivity index (χ4v) is 0.662. The molecule has 0 saturated carbocycles. The maximum absolute atomic E-state index is 10.2. The summed E-state index contributed by atoms with van der Waals surface area (Å²) in [6.07, 6.45) is -4.74. The smallest absolute Gasteiger partial charge is 0.539 e. The molecule has 0 fully saturated rings. The van der Waals surface area contributed by atoms with Gasteiger partial charge in [-0.2, -0.15) is 0 Å². The minimum absolute atomic E-state index is 0. The Morgan fingerprint density at radius 3 is 1.16 bits per heavy atom. The average molecular weight is 549 g/mol. The second-order valence-corrected chi connectivity index (χ2v) is 4.06. The van der Waals surface area contributed by atoms with Crippen LogP contribution in [0.3, 0.4) is 0 Å². The molecule has 25 heavy (non-hydrogen) atoms. The molecule has 0 aliphatic carbocycles. The van der Waals surface area contributed by atoms with E-state index in [2.05, 4.69) is 9.47 Å². The number of hydrogen-bond acceptors (Lipinski definition) is 14. The van der Waals surface area contributed by atoms with E-state index < -0.39 is 61.6 Å². The number of rotatable bonds is 6. The second kappa shape index (κ2) is 14.7. The standard InChI is InChI=1S/2C5H10N2O5.Pt/c2*6-3(7)2(8)1-12-5(11)4(9)10;/h2*2-3,8H,1,6-7H2,(H,9,10);/q;;+2/p-2. The Labute approximate surface area is 155 Å². The summed E-state index contributed by atoms with van der Waals surface area (Å²) >= 11 is 0. The molecule has 0 aromatic rings. The van der Waals surface area contributed by atoms with Crippen molar-refractivity contribution in [3.05, 3.63) is 0 Å². The molecule has 0 amide bonds. The molecule has 10 N–H and O–H groups in total. The molecule has 148 valence electrons. The number of esters is 2. The van der Waals surface area contributed by atoms with Crippen LogP contribution in [0.25, 0.3) is 0 Å². The summed E-state index contributed by atoms with van der Waals surface area (Å²) < 4.78 is 8.03. The third kappa shape index (κ3) is 15.6. The van der Waals surface area contributed by atoms with Crippen LogP contribution >= 0.6 is 0 Å². The number of hydrogen-bond donors (Lipinski definition) is 6. The molecule has 0 heterocycles. The number of aliphatic hydroxyl groups is 2. The first kappa shape index (κ1) is 28.1. The first-order valence-corrected chi connectivity index (χ1v) is 6.04. The number of nitrogens with two attached hydrogens (primary N) is 4. The van der Waals surface area contributed by atoms with Crippen LogP contribution in [0.2, 0.25) is 0 Å². The van der Waals surface area contributed by atoms with Crippen molar-refractivity contribution in [3.63, 3.8) is 0 Å². The van der Waals surface area contributed by atoms with Gasteiger partial charge in [-0.1, -0.05) is 0 Å². The van der Waals surface area contributed by atoms with Crippen LogP contribution < -0.4 is 33.1 Å². The first-order valence-electron chi connectivity index (χ1n) is 6.04. The Morgan fingerprint density at radius 1 is 0.760 bits per heavy atom. The van der Waals surface area contributed by atoms with Crippen LogP contribution in [0, 0.1) is 0 Å². The fraction of sp³-hybridized carbons (Fsp3) is 0.600. The van der Waals surface area contributed by atoms with Gasteiger partial charge in [0.15, 0.2) is 11.9 Å². The molecule has 14 nitrogen and oxygen atoms in total. The molecule has 0 aliphatic rings. The van der Waals surface area contributed by atoms with Crippen molar-refractivity contribution in [2.75, 3.05) is 13.2 Å². The topological polar surface area (TPSA) is 277 Å². The van der Waals surface area contributed by atoms with Crippen molar-refractivity contribution in [2.24, 2.45) is 22.9 Å². The van der Waals surface area contributed by atoms with Crippen molar-refractivity contribution in [1.82, 2.24) is 0 Å². The molecule has 0 saturated heterocycles. The summed E-state index contributed by atoms with van der Waals surface area (Å²) in [4.78, 5) is 39.9. The summed E-state index contributed by atoms with van der Waals surface area (Å²) in [7, 11) is 0. The van der Waals surface area contributed by atoms with Crippen LogP contribution in [0.5, 0.6) is 0 Å². The zero-order valence-electron chi connectivity index (χ0n) is 12.5.